The third-order valence-corrected chi connectivity index (χ3v) is 5.83. The average Bonchev–Trinajstić information content (AvgIpc) is 2.69. The molecule has 0 spiro atoms. The van der Waals surface area contributed by atoms with Crippen molar-refractivity contribution in [3.05, 3.63) is 71.8 Å². The lowest BCUT2D eigenvalue weighted by Gasteiger charge is -2.21. The molecule has 0 radical (unpaired) electrons. The van der Waals surface area contributed by atoms with Gasteiger partial charge in [-0.3, -0.25) is 10.0 Å². The number of sulfonamides is 1. The van der Waals surface area contributed by atoms with E-state index in [2.05, 4.69) is 6.58 Å². The van der Waals surface area contributed by atoms with Crippen molar-refractivity contribution in [2.75, 3.05) is 13.2 Å². The zero-order valence-corrected chi connectivity index (χ0v) is 16.6. The first-order valence-electron chi connectivity index (χ1n) is 8.38. The Balaban J connectivity index is 2.25. The zero-order valence-electron chi connectivity index (χ0n) is 15.0. The molecule has 0 bridgehead atoms. The van der Waals surface area contributed by atoms with E-state index in [4.69, 9.17) is 21.5 Å². The van der Waals surface area contributed by atoms with E-state index in [-0.39, 0.29) is 11.4 Å². The summed E-state index contributed by atoms with van der Waals surface area (Å²) in [7, 11) is -4.00. The van der Waals surface area contributed by atoms with Gasteiger partial charge >= 0.3 is 0 Å². The number of hydrogen-bond acceptors (Lipinski definition) is 5. The van der Waals surface area contributed by atoms with Gasteiger partial charge in [0.05, 0.1) is 18.0 Å². The van der Waals surface area contributed by atoms with Crippen molar-refractivity contribution >= 4 is 27.5 Å². The van der Waals surface area contributed by atoms with Gasteiger partial charge in [0.15, 0.2) is 0 Å². The molecular weight excluding hydrogens is 404 g/mol. The average molecular weight is 425 g/mol. The maximum atomic E-state index is 13.0. The number of nitrogens with zero attached hydrogens (tertiary/aromatic N) is 1. The predicted molar refractivity (Wildman–Crippen MR) is 106 cm³/mol. The maximum Gasteiger partial charge on any atom is 0.258 e. The van der Waals surface area contributed by atoms with Gasteiger partial charge in [-0.15, -0.1) is 6.58 Å². The Morgan fingerprint density at radius 1 is 1.18 bits per heavy atom. The fourth-order valence-corrected chi connectivity index (χ4v) is 3.84. The van der Waals surface area contributed by atoms with E-state index in [0.717, 1.165) is 4.31 Å². The number of rotatable bonds is 10. The van der Waals surface area contributed by atoms with Crippen molar-refractivity contribution in [3.63, 3.8) is 0 Å². The lowest BCUT2D eigenvalue weighted by Crippen LogP contribution is -2.39. The van der Waals surface area contributed by atoms with E-state index in [0.29, 0.717) is 29.4 Å². The Bertz CT molecular complexity index is 899. The maximum absolute atomic E-state index is 13.0. The topological polar surface area (TPSA) is 95.9 Å². The second-order valence-corrected chi connectivity index (χ2v) is 8.21. The molecule has 0 aliphatic heterocycles. The first-order valence-corrected chi connectivity index (χ1v) is 10.2. The largest absolute Gasteiger partial charge is 0.493 e. The Morgan fingerprint density at radius 3 is 2.39 bits per heavy atom. The summed E-state index contributed by atoms with van der Waals surface area (Å²) in [4.78, 5) is 11.6. The van der Waals surface area contributed by atoms with Gasteiger partial charge in [0.2, 0.25) is 10.0 Å². The summed E-state index contributed by atoms with van der Waals surface area (Å²) in [5.74, 6) is -0.319. The van der Waals surface area contributed by atoms with Crippen molar-refractivity contribution in [2.24, 2.45) is 0 Å². The van der Waals surface area contributed by atoms with Crippen molar-refractivity contribution in [2.45, 2.75) is 17.9 Å². The Hall–Kier alpha value is -2.39. The molecule has 28 heavy (non-hydrogen) atoms. The highest BCUT2D eigenvalue weighted by Gasteiger charge is 2.27. The van der Waals surface area contributed by atoms with E-state index in [1.807, 2.05) is 0 Å². The van der Waals surface area contributed by atoms with Gasteiger partial charge in [-0.05, 0) is 48.4 Å². The van der Waals surface area contributed by atoms with Crippen molar-refractivity contribution in [1.82, 2.24) is 9.79 Å². The number of benzene rings is 2. The molecular formula is C19H21ClN2O5S. The monoisotopic (exact) mass is 424 g/mol. The fraction of sp³-hybridized carbons (Fsp3) is 0.211. The van der Waals surface area contributed by atoms with Crippen LogP contribution in [-0.2, 0) is 21.4 Å². The molecule has 0 unspecified atom stereocenters. The van der Waals surface area contributed by atoms with Crippen LogP contribution in [0, 0.1) is 0 Å². The van der Waals surface area contributed by atoms with Crippen molar-refractivity contribution in [3.8, 4) is 5.75 Å². The van der Waals surface area contributed by atoms with Gasteiger partial charge in [0.25, 0.3) is 5.91 Å². The smallest absolute Gasteiger partial charge is 0.258 e. The van der Waals surface area contributed by atoms with Gasteiger partial charge < -0.3 is 4.74 Å². The first kappa shape index (κ1) is 21.9. The van der Waals surface area contributed by atoms with Crippen LogP contribution in [0.25, 0.3) is 0 Å². The van der Waals surface area contributed by atoms with Gasteiger partial charge in [0.1, 0.15) is 5.75 Å². The molecule has 1 amide bonds. The van der Waals surface area contributed by atoms with Gasteiger partial charge in [-0.25, -0.2) is 13.9 Å². The number of hydroxylamine groups is 1. The lowest BCUT2D eigenvalue weighted by atomic mass is 10.2. The zero-order chi connectivity index (χ0) is 20.6. The number of carbonyl (C=O) groups is 1. The second kappa shape index (κ2) is 10.2. The standard InChI is InChI=1S/C19H21ClN2O5S/c1-2-3-12-27-17-8-10-18(11-9-17)28(25,26)22(14-19(23)21-24)13-15-4-6-16(20)7-5-15/h2,4-11,24H,1,3,12-14H2,(H,21,23). The summed E-state index contributed by atoms with van der Waals surface area (Å²) in [5, 5.41) is 9.31. The summed E-state index contributed by atoms with van der Waals surface area (Å²) < 4.78 is 32.5. The molecule has 0 aliphatic carbocycles. The highest BCUT2D eigenvalue weighted by atomic mass is 35.5. The van der Waals surface area contributed by atoms with Gasteiger partial charge in [-0.1, -0.05) is 29.8 Å². The molecule has 2 aromatic carbocycles. The third kappa shape index (κ3) is 6.07. The van der Waals surface area contributed by atoms with Crippen LogP contribution in [0.2, 0.25) is 5.02 Å². The number of halogens is 1. The molecule has 0 aromatic heterocycles. The van der Waals surface area contributed by atoms with Crippen LogP contribution in [0.4, 0.5) is 0 Å². The summed E-state index contributed by atoms with van der Waals surface area (Å²) in [5.41, 5.74) is 2.10. The van der Waals surface area contributed by atoms with E-state index in [1.54, 1.807) is 42.5 Å². The molecule has 0 aliphatic rings. The Kier molecular flexibility index (Phi) is 8.01. The van der Waals surface area contributed by atoms with Crippen LogP contribution < -0.4 is 10.2 Å². The van der Waals surface area contributed by atoms with Crippen LogP contribution >= 0.6 is 11.6 Å². The van der Waals surface area contributed by atoms with Crippen LogP contribution in [0.15, 0.2) is 66.1 Å². The molecule has 0 heterocycles. The van der Waals surface area contributed by atoms with E-state index >= 15 is 0 Å². The van der Waals surface area contributed by atoms with E-state index < -0.39 is 22.5 Å². The number of amides is 1. The molecule has 0 saturated carbocycles. The lowest BCUT2D eigenvalue weighted by molar-refractivity contribution is -0.129. The summed E-state index contributed by atoms with van der Waals surface area (Å²) >= 11 is 5.85. The quantitative estimate of drug-likeness (QED) is 0.264. The highest BCUT2D eigenvalue weighted by molar-refractivity contribution is 7.89. The highest BCUT2D eigenvalue weighted by Crippen LogP contribution is 2.22. The fourth-order valence-electron chi connectivity index (χ4n) is 2.33. The van der Waals surface area contributed by atoms with Crippen LogP contribution in [0.3, 0.4) is 0 Å². The second-order valence-electron chi connectivity index (χ2n) is 5.83. The van der Waals surface area contributed by atoms with Gasteiger partial charge in [0, 0.05) is 11.6 Å². The summed E-state index contributed by atoms with van der Waals surface area (Å²) in [6.07, 6.45) is 2.39. The SMILES string of the molecule is C=CCCOc1ccc(S(=O)(=O)N(CC(=O)NO)Cc2ccc(Cl)cc2)cc1. The number of carbonyl (C=O) groups excluding carboxylic acids is 1. The molecule has 0 fully saturated rings. The van der Waals surface area contributed by atoms with Crippen LogP contribution in [-0.4, -0.2) is 37.0 Å². The first-order chi connectivity index (χ1) is 13.4. The van der Waals surface area contributed by atoms with E-state index in [9.17, 15) is 13.2 Å². The Labute approximate surface area is 169 Å². The summed E-state index contributed by atoms with van der Waals surface area (Å²) in [6, 6.07) is 12.5. The van der Waals surface area contributed by atoms with Crippen LogP contribution in [0.5, 0.6) is 5.75 Å². The van der Waals surface area contributed by atoms with Crippen molar-refractivity contribution in [1.29, 1.82) is 0 Å². The minimum atomic E-state index is -4.00. The number of hydrogen-bond donors (Lipinski definition) is 2. The molecule has 7 nitrogen and oxygen atoms in total. The predicted octanol–water partition coefficient (Wildman–Crippen LogP) is 2.99. The molecule has 2 rings (SSSR count). The van der Waals surface area contributed by atoms with Gasteiger partial charge in [-0.2, -0.15) is 4.31 Å². The molecule has 0 atom stereocenters. The Morgan fingerprint density at radius 2 is 1.82 bits per heavy atom. The minimum Gasteiger partial charge on any atom is -0.493 e. The minimum absolute atomic E-state index is 0.00303. The van der Waals surface area contributed by atoms with Crippen LogP contribution in [0.1, 0.15) is 12.0 Å². The summed E-state index contributed by atoms with van der Waals surface area (Å²) in [6.45, 7) is 3.44. The molecule has 150 valence electrons. The molecule has 9 heteroatoms. The van der Waals surface area contributed by atoms with E-state index in [1.165, 1.54) is 17.6 Å². The molecule has 2 aromatic rings. The third-order valence-electron chi connectivity index (χ3n) is 3.77. The molecule has 0 saturated heterocycles. The number of ether oxygens (including phenoxy) is 1. The van der Waals surface area contributed by atoms with Crippen molar-refractivity contribution < 1.29 is 23.2 Å². The molecule has 2 N–H and O–H groups in total. The normalized spacial score (nSPS) is 11.2. The number of nitrogens with one attached hydrogen (secondary N) is 1.